The molecule has 1 heterocycles. The van der Waals surface area contributed by atoms with E-state index in [-0.39, 0.29) is 5.41 Å². The van der Waals surface area contributed by atoms with E-state index >= 15 is 0 Å². The fourth-order valence-electron chi connectivity index (χ4n) is 2.32. The quantitative estimate of drug-likeness (QED) is 0.721. The Morgan fingerprint density at radius 2 is 1.86 bits per heavy atom. The largest absolute Gasteiger partial charge is 0.461 e. The molecule has 1 aromatic heterocycles. The van der Waals surface area contributed by atoms with Crippen molar-refractivity contribution in [1.82, 2.24) is 19.9 Å². The first kappa shape index (κ1) is 17.6. The maximum atomic E-state index is 12.0. The van der Waals surface area contributed by atoms with Crippen LogP contribution in [0.3, 0.4) is 0 Å². The second-order valence-electron chi connectivity index (χ2n) is 6.01. The highest BCUT2D eigenvalue weighted by atomic mass is 16.5. The summed E-state index contributed by atoms with van der Waals surface area (Å²) in [6, 6.07) is 0. The molecule has 0 spiro atoms. The molecule has 0 saturated heterocycles. The molecule has 6 nitrogen and oxygen atoms in total. The Hall–Kier alpha value is -1.43. The number of aromatic nitrogens is 3. The van der Waals surface area contributed by atoms with Gasteiger partial charge in [0.1, 0.15) is 0 Å². The summed E-state index contributed by atoms with van der Waals surface area (Å²) < 4.78 is 6.92. The Bertz CT molecular complexity index is 459. The average Bonchev–Trinajstić information content (AvgIpc) is 2.84. The summed E-state index contributed by atoms with van der Waals surface area (Å²) in [5.74, 6) is -0.392. The molecule has 0 unspecified atom stereocenters. The summed E-state index contributed by atoms with van der Waals surface area (Å²) in [5.41, 5.74) is 0.964. The second-order valence-corrected chi connectivity index (χ2v) is 6.01. The number of carbonyl (C=O) groups is 1. The van der Waals surface area contributed by atoms with Crippen molar-refractivity contribution in [1.29, 1.82) is 0 Å². The molecule has 21 heavy (non-hydrogen) atoms. The number of hydrogen-bond acceptors (Lipinski definition) is 5. The normalized spacial score (nSPS) is 12.0. The molecule has 0 aliphatic heterocycles. The van der Waals surface area contributed by atoms with Gasteiger partial charge in [-0.05, 0) is 20.0 Å². The lowest BCUT2D eigenvalue weighted by atomic mass is 9.90. The highest BCUT2D eigenvalue weighted by Gasteiger charge is 2.29. The first-order valence-electron chi connectivity index (χ1n) is 7.68. The fraction of sp³-hybridized carbons (Fsp3) is 0.800. The molecular weight excluding hydrogens is 268 g/mol. The highest BCUT2D eigenvalue weighted by molar-refractivity contribution is 5.88. The van der Waals surface area contributed by atoms with Crippen LogP contribution in [-0.4, -0.2) is 52.1 Å². The number of esters is 1. The molecule has 0 aliphatic rings. The summed E-state index contributed by atoms with van der Waals surface area (Å²) in [5, 5.41) is 8.22. The van der Waals surface area contributed by atoms with Gasteiger partial charge in [-0.1, -0.05) is 39.8 Å². The van der Waals surface area contributed by atoms with E-state index in [9.17, 15) is 4.79 Å². The van der Waals surface area contributed by atoms with Gasteiger partial charge in [-0.2, -0.15) is 0 Å². The van der Waals surface area contributed by atoms with Gasteiger partial charge in [-0.3, -0.25) is 0 Å². The van der Waals surface area contributed by atoms with E-state index in [0.717, 1.165) is 31.9 Å². The van der Waals surface area contributed by atoms with E-state index in [1.807, 2.05) is 4.68 Å². The van der Waals surface area contributed by atoms with Crippen LogP contribution in [0.4, 0.5) is 0 Å². The lowest BCUT2D eigenvalue weighted by Crippen LogP contribution is -2.30. The van der Waals surface area contributed by atoms with Crippen molar-refractivity contribution in [3.63, 3.8) is 0 Å². The van der Waals surface area contributed by atoms with Crippen LogP contribution in [0.1, 0.15) is 57.7 Å². The van der Waals surface area contributed by atoms with Crippen LogP contribution in [0, 0.1) is 0 Å². The smallest absolute Gasteiger partial charge is 0.360 e. The predicted molar refractivity (Wildman–Crippen MR) is 82.5 cm³/mol. The van der Waals surface area contributed by atoms with Gasteiger partial charge in [-0.25, -0.2) is 9.48 Å². The number of rotatable bonds is 7. The molecule has 0 N–H and O–H groups in total. The molecule has 0 fully saturated rings. The Labute approximate surface area is 127 Å². The summed E-state index contributed by atoms with van der Waals surface area (Å²) in [4.78, 5) is 14.3. The molecule has 0 aliphatic carbocycles. The Kier molecular flexibility index (Phi) is 6.33. The van der Waals surface area contributed by atoms with Gasteiger partial charge in [0, 0.05) is 12.0 Å². The van der Waals surface area contributed by atoms with Gasteiger partial charge in [0.2, 0.25) is 0 Å². The molecule has 1 rings (SSSR count). The highest BCUT2D eigenvalue weighted by Crippen LogP contribution is 2.25. The first-order chi connectivity index (χ1) is 9.85. The second kappa shape index (κ2) is 7.54. The topological polar surface area (TPSA) is 60.2 Å². The van der Waals surface area contributed by atoms with E-state index in [4.69, 9.17) is 4.74 Å². The number of nitrogens with zero attached hydrogens (tertiary/aromatic N) is 4. The molecule has 120 valence electrons. The number of carbonyl (C=O) groups excluding carboxylic acids is 1. The standard InChI is InChI=1S/C15H28N4O2/c1-7-18(8-2)10-11-19-13(15(4,5)6)12(16-17-19)14(20)21-9-3/h7-11H2,1-6H3. The molecular formula is C15H28N4O2. The Morgan fingerprint density at radius 1 is 1.24 bits per heavy atom. The summed E-state index contributed by atoms with van der Waals surface area (Å²) >= 11 is 0. The first-order valence-corrected chi connectivity index (χ1v) is 7.68. The van der Waals surface area contributed by atoms with Crippen LogP contribution in [0.2, 0.25) is 0 Å². The van der Waals surface area contributed by atoms with Crippen LogP contribution in [0.15, 0.2) is 0 Å². The summed E-state index contributed by atoms with van der Waals surface area (Å²) in [7, 11) is 0. The summed E-state index contributed by atoms with van der Waals surface area (Å²) in [6.07, 6.45) is 0. The maximum Gasteiger partial charge on any atom is 0.360 e. The van der Waals surface area contributed by atoms with Gasteiger partial charge < -0.3 is 9.64 Å². The predicted octanol–water partition coefficient (Wildman–Crippen LogP) is 2.09. The van der Waals surface area contributed by atoms with Gasteiger partial charge in [0.15, 0.2) is 5.69 Å². The van der Waals surface area contributed by atoms with Crippen molar-refractivity contribution < 1.29 is 9.53 Å². The zero-order chi connectivity index (χ0) is 16.0. The van der Waals surface area contributed by atoms with Gasteiger partial charge >= 0.3 is 5.97 Å². The molecule has 6 heteroatoms. The maximum absolute atomic E-state index is 12.0. The van der Waals surface area contributed by atoms with Crippen LogP contribution in [0.5, 0.6) is 0 Å². The van der Waals surface area contributed by atoms with Crippen LogP contribution < -0.4 is 0 Å². The third kappa shape index (κ3) is 4.52. The molecule has 0 aromatic carbocycles. The van der Waals surface area contributed by atoms with Crippen LogP contribution in [0.25, 0.3) is 0 Å². The van der Waals surface area contributed by atoms with Gasteiger partial charge in [0.05, 0.1) is 18.8 Å². The molecule has 0 atom stereocenters. The van der Waals surface area contributed by atoms with E-state index in [2.05, 4.69) is 49.8 Å². The van der Waals surface area contributed by atoms with E-state index in [0.29, 0.717) is 12.3 Å². The minimum absolute atomic E-state index is 0.213. The van der Waals surface area contributed by atoms with Crippen molar-refractivity contribution in [3.05, 3.63) is 11.4 Å². The van der Waals surface area contributed by atoms with Gasteiger partial charge in [-0.15, -0.1) is 5.10 Å². The third-order valence-corrected chi connectivity index (χ3v) is 3.44. The minimum atomic E-state index is -0.392. The van der Waals surface area contributed by atoms with Crippen molar-refractivity contribution in [2.45, 2.75) is 53.5 Å². The SMILES string of the molecule is CCOC(=O)c1nnn(CCN(CC)CC)c1C(C)(C)C. The van der Waals surface area contributed by atoms with Crippen molar-refractivity contribution >= 4 is 5.97 Å². The monoisotopic (exact) mass is 296 g/mol. The van der Waals surface area contributed by atoms with Crippen molar-refractivity contribution in [2.24, 2.45) is 0 Å². The Morgan fingerprint density at radius 3 is 2.33 bits per heavy atom. The molecule has 0 bridgehead atoms. The number of ether oxygens (including phenoxy) is 1. The van der Waals surface area contributed by atoms with Crippen LogP contribution in [-0.2, 0) is 16.7 Å². The van der Waals surface area contributed by atoms with Gasteiger partial charge in [0.25, 0.3) is 0 Å². The third-order valence-electron chi connectivity index (χ3n) is 3.44. The zero-order valence-electron chi connectivity index (χ0n) is 14.1. The fourth-order valence-corrected chi connectivity index (χ4v) is 2.32. The lowest BCUT2D eigenvalue weighted by molar-refractivity contribution is 0.0516. The molecule has 0 amide bonds. The molecule has 0 radical (unpaired) electrons. The summed E-state index contributed by atoms with van der Waals surface area (Å²) in [6.45, 7) is 16.2. The molecule has 0 saturated carbocycles. The lowest BCUT2D eigenvalue weighted by Gasteiger charge is -2.23. The number of hydrogen-bond donors (Lipinski definition) is 0. The average molecular weight is 296 g/mol. The van der Waals surface area contributed by atoms with E-state index < -0.39 is 5.97 Å². The van der Waals surface area contributed by atoms with Crippen LogP contribution >= 0.6 is 0 Å². The van der Waals surface area contributed by atoms with Crippen molar-refractivity contribution in [3.8, 4) is 0 Å². The zero-order valence-corrected chi connectivity index (χ0v) is 14.1. The minimum Gasteiger partial charge on any atom is -0.461 e. The number of likely N-dealkylation sites (N-methyl/N-ethyl adjacent to an activating group) is 1. The Balaban J connectivity index is 3.02. The van der Waals surface area contributed by atoms with E-state index in [1.54, 1.807) is 6.92 Å². The van der Waals surface area contributed by atoms with E-state index in [1.165, 1.54) is 0 Å². The van der Waals surface area contributed by atoms with Crippen molar-refractivity contribution in [2.75, 3.05) is 26.2 Å². The molecule has 1 aromatic rings.